The SMILES string of the molecule is O=c1c2ccccc2nc(-c2cc3cc(Cl)ccc3o2)n1N=Cc1cccn1-c1cccc(Br)c1. The lowest BCUT2D eigenvalue weighted by Crippen LogP contribution is -2.20. The molecule has 3 heterocycles. The summed E-state index contributed by atoms with van der Waals surface area (Å²) in [4.78, 5) is 18.2. The van der Waals surface area contributed by atoms with E-state index in [9.17, 15) is 4.79 Å². The summed E-state index contributed by atoms with van der Waals surface area (Å²) in [6, 6.07) is 26.1. The average molecular weight is 544 g/mol. The van der Waals surface area contributed by atoms with Crippen LogP contribution in [0.15, 0.2) is 110 Å². The van der Waals surface area contributed by atoms with Crippen LogP contribution in [0, 0.1) is 0 Å². The minimum absolute atomic E-state index is 0.291. The molecule has 0 unspecified atom stereocenters. The first-order chi connectivity index (χ1) is 17.1. The molecule has 0 aliphatic heterocycles. The molecule has 35 heavy (non-hydrogen) atoms. The van der Waals surface area contributed by atoms with Crippen LogP contribution in [-0.2, 0) is 0 Å². The summed E-state index contributed by atoms with van der Waals surface area (Å²) in [5, 5.41) is 6.45. The Bertz CT molecular complexity index is 1820. The number of aromatic nitrogens is 3. The van der Waals surface area contributed by atoms with Crippen LogP contribution >= 0.6 is 27.5 Å². The maximum Gasteiger partial charge on any atom is 0.282 e. The molecule has 3 aromatic carbocycles. The fourth-order valence-corrected chi connectivity index (χ4v) is 4.56. The number of nitrogens with zero attached hydrogens (tertiary/aromatic N) is 4. The molecule has 8 heteroatoms. The molecule has 6 aromatic rings. The maximum atomic E-state index is 13.5. The Morgan fingerprint density at radius 3 is 2.74 bits per heavy atom. The number of fused-ring (bicyclic) bond motifs is 2. The molecule has 0 saturated carbocycles. The summed E-state index contributed by atoms with van der Waals surface area (Å²) in [7, 11) is 0. The Morgan fingerprint density at radius 1 is 0.971 bits per heavy atom. The minimum Gasteiger partial charge on any atom is -0.453 e. The van der Waals surface area contributed by atoms with E-state index in [2.05, 4.69) is 21.0 Å². The number of hydrogen-bond donors (Lipinski definition) is 0. The molecule has 0 N–H and O–H groups in total. The van der Waals surface area contributed by atoms with Crippen LogP contribution in [0.1, 0.15) is 5.69 Å². The summed E-state index contributed by atoms with van der Waals surface area (Å²) in [5.41, 5.74) is 2.68. The van der Waals surface area contributed by atoms with E-state index < -0.39 is 0 Å². The van der Waals surface area contributed by atoms with Crippen molar-refractivity contribution in [1.29, 1.82) is 0 Å². The van der Waals surface area contributed by atoms with Gasteiger partial charge >= 0.3 is 0 Å². The topological polar surface area (TPSA) is 65.3 Å². The van der Waals surface area contributed by atoms with Crippen LogP contribution in [-0.4, -0.2) is 20.4 Å². The standard InChI is InChI=1S/C27H16BrClN4O2/c28-18-5-3-6-20(15-18)32-12-4-7-21(32)16-30-33-26(31-23-9-2-1-8-22(23)27(33)34)25-14-17-13-19(29)10-11-24(17)35-25/h1-16H. The highest BCUT2D eigenvalue weighted by molar-refractivity contribution is 9.10. The highest BCUT2D eigenvalue weighted by atomic mass is 79.9. The van der Waals surface area contributed by atoms with Gasteiger partial charge in [-0.2, -0.15) is 9.78 Å². The number of furan rings is 1. The first-order valence-electron chi connectivity index (χ1n) is 10.8. The van der Waals surface area contributed by atoms with Crippen molar-refractivity contribution in [3.63, 3.8) is 0 Å². The number of halogens is 2. The normalized spacial score (nSPS) is 11.7. The van der Waals surface area contributed by atoms with E-state index in [1.807, 2.05) is 65.4 Å². The number of para-hydroxylation sites is 1. The van der Waals surface area contributed by atoms with Gasteiger partial charge in [0.05, 0.1) is 22.8 Å². The largest absolute Gasteiger partial charge is 0.453 e. The molecule has 0 aliphatic carbocycles. The zero-order chi connectivity index (χ0) is 23.9. The molecule has 0 atom stereocenters. The molecule has 0 saturated heterocycles. The van der Waals surface area contributed by atoms with E-state index >= 15 is 0 Å². The second kappa shape index (κ2) is 8.69. The molecule has 0 fully saturated rings. The highest BCUT2D eigenvalue weighted by Gasteiger charge is 2.17. The molecular formula is C27H16BrClN4O2. The van der Waals surface area contributed by atoms with Crippen molar-refractivity contribution >= 4 is 55.6 Å². The predicted octanol–water partition coefficient (Wildman–Crippen LogP) is 6.90. The average Bonchev–Trinajstić information content (AvgIpc) is 3.50. The van der Waals surface area contributed by atoms with Gasteiger partial charge in [-0.15, -0.1) is 0 Å². The van der Waals surface area contributed by atoms with Crippen LogP contribution in [0.2, 0.25) is 5.02 Å². The first kappa shape index (κ1) is 21.6. The molecular weight excluding hydrogens is 528 g/mol. The van der Waals surface area contributed by atoms with Gasteiger partial charge in [0, 0.05) is 26.8 Å². The van der Waals surface area contributed by atoms with Gasteiger partial charge < -0.3 is 8.98 Å². The Hall–Kier alpha value is -3.94. The van der Waals surface area contributed by atoms with Gasteiger partial charge in [0.1, 0.15) is 5.58 Å². The summed E-state index contributed by atoms with van der Waals surface area (Å²) >= 11 is 9.66. The van der Waals surface area contributed by atoms with Crippen LogP contribution in [0.3, 0.4) is 0 Å². The third-order valence-corrected chi connectivity index (χ3v) is 6.35. The highest BCUT2D eigenvalue weighted by Crippen LogP contribution is 2.29. The van der Waals surface area contributed by atoms with E-state index in [-0.39, 0.29) is 5.56 Å². The van der Waals surface area contributed by atoms with E-state index in [1.165, 1.54) is 4.68 Å². The van der Waals surface area contributed by atoms with Gasteiger partial charge in [0.15, 0.2) is 5.76 Å². The van der Waals surface area contributed by atoms with E-state index in [4.69, 9.17) is 21.0 Å². The molecule has 0 aliphatic rings. The lowest BCUT2D eigenvalue weighted by atomic mass is 10.2. The summed E-state index contributed by atoms with van der Waals surface area (Å²) in [5.74, 6) is 0.725. The fraction of sp³-hybridized carbons (Fsp3) is 0. The van der Waals surface area contributed by atoms with Crippen LogP contribution in [0.5, 0.6) is 0 Å². The Kier molecular flexibility index (Phi) is 5.36. The van der Waals surface area contributed by atoms with Gasteiger partial charge in [-0.3, -0.25) is 4.79 Å². The van der Waals surface area contributed by atoms with Gasteiger partial charge in [-0.25, -0.2) is 4.98 Å². The summed E-state index contributed by atoms with van der Waals surface area (Å²) in [6.07, 6.45) is 3.58. The molecule has 170 valence electrons. The summed E-state index contributed by atoms with van der Waals surface area (Å²) < 4.78 is 10.3. The Balaban J connectivity index is 1.53. The molecule has 6 rings (SSSR count). The molecule has 3 aromatic heterocycles. The molecule has 0 spiro atoms. The lowest BCUT2D eigenvalue weighted by molar-refractivity contribution is 0.616. The fourth-order valence-electron chi connectivity index (χ4n) is 3.99. The van der Waals surface area contributed by atoms with Crippen molar-refractivity contribution in [1.82, 2.24) is 14.2 Å². The van der Waals surface area contributed by atoms with Gasteiger partial charge in [-0.05, 0) is 66.7 Å². The third kappa shape index (κ3) is 3.99. The maximum absolute atomic E-state index is 13.5. The van der Waals surface area contributed by atoms with E-state index in [0.29, 0.717) is 33.1 Å². The zero-order valence-corrected chi connectivity index (χ0v) is 20.4. The van der Waals surface area contributed by atoms with Crippen LogP contribution in [0.4, 0.5) is 0 Å². The van der Waals surface area contributed by atoms with E-state index in [1.54, 1.807) is 36.5 Å². The second-order valence-electron chi connectivity index (χ2n) is 7.89. The van der Waals surface area contributed by atoms with Crippen LogP contribution in [0.25, 0.3) is 39.1 Å². The molecule has 0 radical (unpaired) electrons. The van der Waals surface area contributed by atoms with Crippen molar-refractivity contribution in [3.8, 4) is 17.3 Å². The number of hydrogen-bond acceptors (Lipinski definition) is 4. The lowest BCUT2D eigenvalue weighted by Gasteiger charge is -2.09. The number of benzene rings is 3. The predicted molar refractivity (Wildman–Crippen MR) is 143 cm³/mol. The quantitative estimate of drug-likeness (QED) is 0.227. The van der Waals surface area contributed by atoms with Crippen LogP contribution < -0.4 is 5.56 Å². The van der Waals surface area contributed by atoms with Crippen molar-refractivity contribution in [2.24, 2.45) is 5.10 Å². The van der Waals surface area contributed by atoms with Gasteiger partial charge in [-0.1, -0.05) is 45.7 Å². The van der Waals surface area contributed by atoms with Gasteiger partial charge in [0.2, 0.25) is 5.82 Å². The van der Waals surface area contributed by atoms with E-state index in [0.717, 1.165) is 21.2 Å². The Morgan fingerprint density at radius 2 is 1.86 bits per heavy atom. The van der Waals surface area contributed by atoms with Crippen molar-refractivity contribution in [2.45, 2.75) is 0 Å². The van der Waals surface area contributed by atoms with Crippen molar-refractivity contribution in [3.05, 3.63) is 117 Å². The summed E-state index contributed by atoms with van der Waals surface area (Å²) in [6.45, 7) is 0. The zero-order valence-electron chi connectivity index (χ0n) is 18.1. The minimum atomic E-state index is -0.291. The monoisotopic (exact) mass is 542 g/mol. The Labute approximate surface area is 212 Å². The molecule has 6 nitrogen and oxygen atoms in total. The molecule has 0 amide bonds. The smallest absolute Gasteiger partial charge is 0.282 e. The second-order valence-corrected chi connectivity index (χ2v) is 9.24. The molecule has 0 bridgehead atoms. The number of rotatable bonds is 4. The van der Waals surface area contributed by atoms with Crippen molar-refractivity contribution < 1.29 is 4.42 Å². The van der Waals surface area contributed by atoms with Gasteiger partial charge in [0.25, 0.3) is 5.56 Å². The third-order valence-electron chi connectivity index (χ3n) is 5.62. The first-order valence-corrected chi connectivity index (χ1v) is 11.9. The van der Waals surface area contributed by atoms with Crippen molar-refractivity contribution in [2.75, 3.05) is 0 Å².